The van der Waals surface area contributed by atoms with Gasteiger partial charge in [-0.25, -0.2) is 0 Å². The van der Waals surface area contributed by atoms with Crippen molar-refractivity contribution in [2.75, 3.05) is 13.1 Å². The van der Waals surface area contributed by atoms with Crippen LogP contribution in [0.1, 0.15) is 52.1 Å². The molecule has 1 amide bonds. The van der Waals surface area contributed by atoms with Gasteiger partial charge in [0.05, 0.1) is 0 Å². The van der Waals surface area contributed by atoms with Crippen molar-refractivity contribution >= 4 is 5.91 Å². The van der Waals surface area contributed by atoms with Crippen LogP contribution in [-0.4, -0.2) is 25.1 Å². The van der Waals surface area contributed by atoms with E-state index in [-0.39, 0.29) is 11.9 Å². The summed E-state index contributed by atoms with van der Waals surface area (Å²) in [5.74, 6) is 0.670. The molecule has 0 aliphatic carbocycles. The molecule has 4 nitrogen and oxygen atoms in total. The Kier molecular flexibility index (Phi) is 7.83. The van der Waals surface area contributed by atoms with Crippen LogP contribution in [0.25, 0.3) is 0 Å². The van der Waals surface area contributed by atoms with Gasteiger partial charge in [0.15, 0.2) is 6.10 Å². The van der Waals surface area contributed by atoms with E-state index in [2.05, 4.69) is 37.5 Å². The Hall–Kier alpha value is -1.55. The summed E-state index contributed by atoms with van der Waals surface area (Å²) in [6, 6.07) is 8.17. The fourth-order valence-electron chi connectivity index (χ4n) is 2.07. The predicted octanol–water partition coefficient (Wildman–Crippen LogP) is 3.04. The number of carbonyl (C=O) groups excluding carboxylic acids is 1. The molecule has 0 aromatic heterocycles. The molecule has 0 bridgehead atoms. The van der Waals surface area contributed by atoms with Crippen LogP contribution in [0.2, 0.25) is 0 Å². The number of hydrogen-bond donors (Lipinski definition) is 2. The predicted molar refractivity (Wildman–Crippen MR) is 86.5 cm³/mol. The Morgan fingerprint density at radius 1 is 1.29 bits per heavy atom. The van der Waals surface area contributed by atoms with Crippen LogP contribution < -0.4 is 15.4 Å². The Morgan fingerprint density at radius 2 is 2.05 bits per heavy atom. The molecule has 0 fully saturated rings. The molecule has 2 unspecified atom stereocenters. The average molecular weight is 292 g/mol. The second-order valence-electron chi connectivity index (χ2n) is 5.26. The van der Waals surface area contributed by atoms with Crippen molar-refractivity contribution in [1.29, 1.82) is 0 Å². The third-order valence-electron chi connectivity index (χ3n) is 3.38. The molecule has 0 radical (unpaired) electrons. The number of hydrogen-bond acceptors (Lipinski definition) is 3. The van der Waals surface area contributed by atoms with E-state index in [1.165, 1.54) is 0 Å². The van der Waals surface area contributed by atoms with Crippen LogP contribution in [0.15, 0.2) is 24.3 Å². The van der Waals surface area contributed by atoms with Crippen LogP contribution in [0, 0.1) is 0 Å². The number of ether oxygens (including phenoxy) is 1. The summed E-state index contributed by atoms with van der Waals surface area (Å²) < 4.78 is 5.74. The molecule has 0 saturated carbocycles. The van der Waals surface area contributed by atoms with E-state index in [9.17, 15) is 4.79 Å². The lowest BCUT2D eigenvalue weighted by molar-refractivity contribution is -0.127. The van der Waals surface area contributed by atoms with Crippen LogP contribution in [0.3, 0.4) is 0 Å². The third-order valence-corrected chi connectivity index (χ3v) is 3.38. The van der Waals surface area contributed by atoms with Gasteiger partial charge in [-0.1, -0.05) is 32.4 Å². The molecule has 2 atom stereocenters. The van der Waals surface area contributed by atoms with E-state index in [1.54, 1.807) is 6.92 Å². The van der Waals surface area contributed by atoms with E-state index in [4.69, 9.17) is 4.74 Å². The smallest absolute Gasteiger partial charge is 0.260 e. The minimum absolute atomic E-state index is 0.0615. The first-order valence-corrected chi connectivity index (χ1v) is 7.86. The van der Waals surface area contributed by atoms with Crippen molar-refractivity contribution < 1.29 is 9.53 Å². The zero-order valence-electron chi connectivity index (χ0n) is 13.6. The summed E-state index contributed by atoms with van der Waals surface area (Å²) in [7, 11) is 0. The lowest BCUT2D eigenvalue weighted by atomic mass is 10.1. The van der Waals surface area contributed by atoms with Crippen LogP contribution in [-0.2, 0) is 4.79 Å². The molecule has 2 N–H and O–H groups in total. The maximum Gasteiger partial charge on any atom is 0.260 e. The molecule has 0 aliphatic rings. The second-order valence-corrected chi connectivity index (χ2v) is 5.26. The SMILES string of the molecule is CCCCNC(=O)C(C)Oc1cccc(C(C)NCC)c1. The van der Waals surface area contributed by atoms with Crippen molar-refractivity contribution in [3.05, 3.63) is 29.8 Å². The standard InChI is InChI=1S/C17H28N2O2/c1-5-7-11-19-17(20)14(4)21-16-10-8-9-15(12-16)13(3)18-6-2/h8-10,12-14,18H,5-7,11H2,1-4H3,(H,19,20). The zero-order chi connectivity index (χ0) is 15.7. The maximum absolute atomic E-state index is 11.9. The third kappa shape index (κ3) is 6.17. The summed E-state index contributed by atoms with van der Waals surface area (Å²) in [6.07, 6.45) is 1.58. The van der Waals surface area contributed by atoms with Gasteiger partial charge < -0.3 is 15.4 Å². The number of rotatable bonds is 9. The summed E-state index contributed by atoms with van der Waals surface area (Å²) in [5.41, 5.74) is 1.16. The van der Waals surface area contributed by atoms with Gasteiger partial charge in [-0.15, -0.1) is 0 Å². The first-order valence-electron chi connectivity index (χ1n) is 7.86. The van der Waals surface area contributed by atoms with Crippen molar-refractivity contribution in [3.63, 3.8) is 0 Å². The normalized spacial score (nSPS) is 13.5. The number of carbonyl (C=O) groups is 1. The molecule has 1 aromatic carbocycles. The van der Waals surface area contributed by atoms with E-state index >= 15 is 0 Å². The molecular weight excluding hydrogens is 264 g/mol. The average Bonchev–Trinajstić information content (AvgIpc) is 2.48. The number of benzene rings is 1. The maximum atomic E-state index is 11.9. The second kappa shape index (κ2) is 9.40. The van der Waals surface area contributed by atoms with Gasteiger partial charge in [0.25, 0.3) is 5.91 Å². The van der Waals surface area contributed by atoms with Gasteiger partial charge in [-0.3, -0.25) is 4.79 Å². The van der Waals surface area contributed by atoms with Gasteiger partial charge in [-0.05, 0) is 44.5 Å². The molecule has 0 spiro atoms. The summed E-state index contributed by atoms with van der Waals surface area (Å²) >= 11 is 0. The highest BCUT2D eigenvalue weighted by Crippen LogP contribution is 2.20. The Labute approximate surface area is 128 Å². The summed E-state index contributed by atoms with van der Waals surface area (Å²) in [6.45, 7) is 9.71. The monoisotopic (exact) mass is 292 g/mol. The molecule has 118 valence electrons. The Morgan fingerprint density at radius 3 is 2.71 bits per heavy atom. The molecule has 0 heterocycles. The van der Waals surface area contributed by atoms with Gasteiger partial charge in [0, 0.05) is 12.6 Å². The van der Waals surface area contributed by atoms with Crippen LogP contribution >= 0.6 is 0 Å². The number of amides is 1. The minimum Gasteiger partial charge on any atom is -0.481 e. The lowest BCUT2D eigenvalue weighted by Gasteiger charge is -2.17. The van der Waals surface area contributed by atoms with Crippen molar-refractivity contribution in [2.24, 2.45) is 0 Å². The van der Waals surface area contributed by atoms with E-state index in [0.717, 1.165) is 30.7 Å². The number of nitrogens with one attached hydrogen (secondary N) is 2. The lowest BCUT2D eigenvalue weighted by Crippen LogP contribution is -2.36. The van der Waals surface area contributed by atoms with Crippen molar-refractivity contribution in [3.8, 4) is 5.75 Å². The summed E-state index contributed by atoms with van der Waals surface area (Å²) in [4.78, 5) is 11.9. The highest BCUT2D eigenvalue weighted by Gasteiger charge is 2.14. The zero-order valence-corrected chi connectivity index (χ0v) is 13.6. The molecule has 21 heavy (non-hydrogen) atoms. The largest absolute Gasteiger partial charge is 0.481 e. The van der Waals surface area contributed by atoms with Crippen LogP contribution in [0.5, 0.6) is 5.75 Å². The Balaban J connectivity index is 2.57. The fourth-order valence-corrected chi connectivity index (χ4v) is 2.07. The minimum atomic E-state index is -0.480. The van der Waals surface area contributed by atoms with Gasteiger partial charge in [0.1, 0.15) is 5.75 Å². The number of unbranched alkanes of at least 4 members (excludes halogenated alkanes) is 1. The van der Waals surface area contributed by atoms with Gasteiger partial charge in [-0.2, -0.15) is 0 Å². The highest BCUT2D eigenvalue weighted by molar-refractivity contribution is 5.80. The molecule has 1 rings (SSSR count). The molecule has 0 saturated heterocycles. The van der Waals surface area contributed by atoms with E-state index in [1.807, 2.05) is 18.2 Å². The highest BCUT2D eigenvalue weighted by atomic mass is 16.5. The first-order chi connectivity index (χ1) is 10.1. The van der Waals surface area contributed by atoms with Gasteiger partial charge in [0.2, 0.25) is 0 Å². The van der Waals surface area contributed by atoms with E-state index < -0.39 is 6.10 Å². The Bertz CT molecular complexity index is 435. The molecular formula is C17H28N2O2. The van der Waals surface area contributed by atoms with Gasteiger partial charge >= 0.3 is 0 Å². The van der Waals surface area contributed by atoms with Crippen LogP contribution in [0.4, 0.5) is 0 Å². The molecule has 1 aromatic rings. The van der Waals surface area contributed by atoms with Crippen molar-refractivity contribution in [2.45, 2.75) is 52.7 Å². The molecule has 0 aliphatic heterocycles. The quantitative estimate of drug-likeness (QED) is 0.688. The molecule has 4 heteroatoms. The fraction of sp³-hybridized carbons (Fsp3) is 0.588. The van der Waals surface area contributed by atoms with Crippen molar-refractivity contribution in [1.82, 2.24) is 10.6 Å². The summed E-state index contributed by atoms with van der Waals surface area (Å²) in [5, 5.41) is 6.25. The topological polar surface area (TPSA) is 50.4 Å². The first kappa shape index (κ1) is 17.5. The van der Waals surface area contributed by atoms with E-state index in [0.29, 0.717) is 6.54 Å².